The van der Waals surface area contributed by atoms with Gasteiger partial charge in [-0.05, 0) is 19.1 Å². The van der Waals surface area contributed by atoms with E-state index < -0.39 is 0 Å². The fourth-order valence-corrected chi connectivity index (χ4v) is 2.82. The quantitative estimate of drug-likeness (QED) is 0.783. The van der Waals surface area contributed by atoms with Crippen LogP contribution in [0.3, 0.4) is 0 Å². The zero-order valence-corrected chi connectivity index (χ0v) is 11.8. The van der Waals surface area contributed by atoms with E-state index in [4.69, 9.17) is 0 Å². The molecule has 3 amide bonds. The zero-order valence-electron chi connectivity index (χ0n) is 11.8. The number of carbonyl (C=O) groups is 3. The van der Waals surface area contributed by atoms with Crippen LogP contribution < -0.4 is 5.32 Å². The molecule has 2 aliphatic rings. The molecule has 2 heterocycles. The third-order valence-electron chi connectivity index (χ3n) is 3.99. The summed E-state index contributed by atoms with van der Waals surface area (Å²) < 4.78 is 0. The molecule has 1 saturated heterocycles. The lowest BCUT2D eigenvalue weighted by atomic mass is 10.1. The minimum Gasteiger partial charge on any atom is -0.336 e. The number of carbonyl (C=O) groups excluding carboxylic acids is 3. The van der Waals surface area contributed by atoms with Gasteiger partial charge in [0, 0.05) is 25.7 Å². The molecule has 1 fully saturated rings. The summed E-state index contributed by atoms with van der Waals surface area (Å²) in [5.41, 5.74) is 0.757. The molecule has 6 heteroatoms. The van der Waals surface area contributed by atoms with Crippen LogP contribution in [0.15, 0.2) is 24.3 Å². The molecule has 6 nitrogen and oxygen atoms in total. The number of hydrogen-bond acceptors (Lipinski definition) is 4. The second-order valence-electron chi connectivity index (χ2n) is 5.38. The molecule has 1 aromatic rings. The number of imide groups is 1. The van der Waals surface area contributed by atoms with Gasteiger partial charge in [0.1, 0.15) is 6.54 Å². The van der Waals surface area contributed by atoms with Crippen LogP contribution in [-0.4, -0.2) is 59.7 Å². The van der Waals surface area contributed by atoms with E-state index in [2.05, 4.69) is 5.32 Å². The number of amides is 3. The number of fused-ring (bicyclic) bond motifs is 1. The van der Waals surface area contributed by atoms with Gasteiger partial charge in [0.2, 0.25) is 5.91 Å². The molecule has 0 unspecified atom stereocenters. The number of nitrogens with zero attached hydrogens (tertiary/aromatic N) is 2. The van der Waals surface area contributed by atoms with Crippen LogP contribution >= 0.6 is 0 Å². The first-order valence-electron chi connectivity index (χ1n) is 7.05. The lowest BCUT2D eigenvalue weighted by Crippen LogP contribution is -2.55. The molecule has 0 spiro atoms. The van der Waals surface area contributed by atoms with Gasteiger partial charge in [-0.2, -0.15) is 0 Å². The Morgan fingerprint density at radius 2 is 1.86 bits per heavy atom. The summed E-state index contributed by atoms with van der Waals surface area (Å²) in [6, 6.07) is 6.74. The Bertz CT molecular complexity index is 579. The van der Waals surface area contributed by atoms with Crippen LogP contribution in [0.25, 0.3) is 0 Å². The molecule has 0 aromatic heterocycles. The Morgan fingerprint density at radius 3 is 2.43 bits per heavy atom. The van der Waals surface area contributed by atoms with Crippen molar-refractivity contribution < 1.29 is 14.4 Å². The van der Waals surface area contributed by atoms with Crippen molar-refractivity contribution >= 4 is 17.7 Å². The number of piperazine rings is 1. The fourth-order valence-electron chi connectivity index (χ4n) is 2.82. The number of benzene rings is 1. The van der Waals surface area contributed by atoms with Gasteiger partial charge in [0.05, 0.1) is 11.1 Å². The Balaban J connectivity index is 1.76. The van der Waals surface area contributed by atoms with E-state index in [-0.39, 0.29) is 30.3 Å². The molecular weight excluding hydrogens is 270 g/mol. The van der Waals surface area contributed by atoms with E-state index in [0.717, 1.165) is 18.0 Å². The van der Waals surface area contributed by atoms with Gasteiger partial charge in [-0.1, -0.05) is 12.1 Å². The van der Waals surface area contributed by atoms with Gasteiger partial charge in [-0.25, -0.2) is 0 Å². The van der Waals surface area contributed by atoms with Crippen molar-refractivity contribution in [2.75, 3.05) is 26.2 Å². The summed E-state index contributed by atoms with van der Waals surface area (Å²) in [4.78, 5) is 39.6. The molecular formula is C15H17N3O3. The molecule has 21 heavy (non-hydrogen) atoms. The first-order valence-corrected chi connectivity index (χ1v) is 7.05. The van der Waals surface area contributed by atoms with Crippen LogP contribution in [0.4, 0.5) is 0 Å². The Labute approximate surface area is 122 Å². The van der Waals surface area contributed by atoms with Crippen molar-refractivity contribution in [3.05, 3.63) is 35.4 Å². The van der Waals surface area contributed by atoms with E-state index in [1.165, 1.54) is 0 Å². The highest BCUT2D eigenvalue weighted by Crippen LogP contribution is 2.22. The second kappa shape index (κ2) is 5.29. The van der Waals surface area contributed by atoms with Crippen LogP contribution in [0.2, 0.25) is 0 Å². The molecule has 1 aromatic carbocycles. The molecule has 0 aliphatic carbocycles. The van der Waals surface area contributed by atoms with Gasteiger partial charge < -0.3 is 10.2 Å². The van der Waals surface area contributed by atoms with Crippen molar-refractivity contribution in [1.29, 1.82) is 0 Å². The number of nitrogens with one attached hydrogen (secondary N) is 1. The lowest BCUT2D eigenvalue weighted by molar-refractivity contribution is -0.134. The molecule has 0 bridgehead atoms. The van der Waals surface area contributed by atoms with E-state index in [1.54, 1.807) is 29.2 Å². The Morgan fingerprint density at radius 1 is 1.24 bits per heavy atom. The van der Waals surface area contributed by atoms with Crippen molar-refractivity contribution in [3.63, 3.8) is 0 Å². The molecule has 1 N–H and O–H groups in total. The summed E-state index contributed by atoms with van der Waals surface area (Å²) in [7, 11) is 0. The summed E-state index contributed by atoms with van der Waals surface area (Å²) in [6.07, 6.45) is 0. The maximum Gasteiger partial charge on any atom is 0.262 e. The van der Waals surface area contributed by atoms with Crippen molar-refractivity contribution in [1.82, 2.24) is 15.1 Å². The highest BCUT2D eigenvalue weighted by molar-refractivity contribution is 6.22. The molecule has 3 rings (SSSR count). The highest BCUT2D eigenvalue weighted by atomic mass is 16.2. The van der Waals surface area contributed by atoms with Crippen molar-refractivity contribution in [3.8, 4) is 0 Å². The van der Waals surface area contributed by atoms with E-state index in [0.29, 0.717) is 17.7 Å². The maximum atomic E-state index is 12.4. The van der Waals surface area contributed by atoms with Crippen LogP contribution in [0.5, 0.6) is 0 Å². The normalized spacial score (nSPS) is 21.7. The monoisotopic (exact) mass is 287 g/mol. The van der Waals surface area contributed by atoms with Gasteiger partial charge in [0.15, 0.2) is 0 Å². The summed E-state index contributed by atoms with van der Waals surface area (Å²) >= 11 is 0. The first kappa shape index (κ1) is 13.8. The number of hydrogen-bond donors (Lipinski definition) is 1. The topological polar surface area (TPSA) is 69.7 Å². The van der Waals surface area contributed by atoms with Crippen LogP contribution in [0.1, 0.15) is 27.6 Å². The molecule has 0 saturated carbocycles. The average molecular weight is 287 g/mol. The zero-order chi connectivity index (χ0) is 15.0. The minimum atomic E-state index is -0.383. The Hall–Kier alpha value is -2.21. The third-order valence-corrected chi connectivity index (χ3v) is 3.99. The standard InChI is InChI=1S/C15H17N3O3/c1-10-8-16-6-7-17(10)13(19)9-18-14(20)11-4-2-3-5-12(11)15(18)21/h2-5,10,16H,6-9H2,1H3/t10-/m1/s1. The summed E-state index contributed by atoms with van der Waals surface area (Å²) in [5.74, 6) is -0.947. The largest absolute Gasteiger partial charge is 0.336 e. The highest BCUT2D eigenvalue weighted by Gasteiger charge is 2.37. The van der Waals surface area contributed by atoms with Crippen LogP contribution in [0, 0.1) is 0 Å². The fraction of sp³-hybridized carbons (Fsp3) is 0.400. The van der Waals surface area contributed by atoms with E-state index in [9.17, 15) is 14.4 Å². The second-order valence-corrected chi connectivity index (χ2v) is 5.38. The predicted octanol–water partition coefficient (Wildman–Crippen LogP) is 0.103. The maximum absolute atomic E-state index is 12.4. The van der Waals surface area contributed by atoms with E-state index in [1.807, 2.05) is 6.92 Å². The molecule has 110 valence electrons. The summed E-state index contributed by atoms with van der Waals surface area (Å²) in [5, 5.41) is 3.20. The third kappa shape index (κ3) is 2.31. The molecule has 2 aliphatic heterocycles. The van der Waals surface area contributed by atoms with Gasteiger partial charge in [0.25, 0.3) is 11.8 Å². The molecule has 1 atom stereocenters. The predicted molar refractivity (Wildman–Crippen MR) is 75.9 cm³/mol. The lowest BCUT2D eigenvalue weighted by Gasteiger charge is -2.34. The van der Waals surface area contributed by atoms with E-state index >= 15 is 0 Å². The molecule has 0 radical (unpaired) electrons. The Kier molecular flexibility index (Phi) is 3.47. The minimum absolute atomic E-state index is 0.0708. The van der Waals surface area contributed by atoms with Crippen molar-refractivity contribution in [2.45, 2.75) is 13.0 Å². The smallest absolute Gasteiger partial charge is 0.262 e. The number of rotatable bonds is 2. The van der Waals surface area contributed by atoms with Crippen molar-refractivity contribution in [2.24, 2.45) is 0 Å². The first-order chi connectivity index (χ1) is 10.1. The summed E-state index contributed by atoms with van der Waals surface area (Å²) in [6.45, 7) is 3.83. The van der Waals surface area contributed by atoms with Gasteiger partial charge >= 0.3 is 0 Å². The van der Waals surface area contributed by atoms with Gasteiger partial charge in [-0.3, -0.25) is 19.3 Å². The van der Waals surface area contributed by atoms with Crippen LogP contribution in [-0.2, 0) is 4.79 Å². The average Bonchev–Trinajstić information content (AvgIpc) is 2.73. The van der Waals surface area contributed by atoms with Gasteiger partial charge in [-0.15, -0.1) is 0 Å². The SMILES string of the molecule is C[C@@H]1CNCCN1C(=O)CN1C(=O)c2ccccc2C1=O.